The van der Waals surface area contributed by atoms with Crippen LogP contribution in [0.2, 0.25) is 5.28 Å². The summed E-state index contributed by atoms with van der Waals surface area (Å²) in [6.45, 7) is 1.61. The van der Waals surface area contributed by atoms with Crippen LogP contribution in [-0.2, 0) is 11.3 Å². The highest BCUT2D eigenvalue weighted by atomic mass is 35.5. The van der Waals surface area contributed by atoms with Crippen molar-refractivity contribution in [2.24, 2.45) is 0 Å². The van der Waals surface area contributed by atoms with Gasteiger partial charge >= 0.3 is 5.97 Å². The Bertz CT molecular complexity index is 643. The summed E-state index contributed by atoms with van der Waals surface area (Å²) in [6.07, 6.45) is 1.63. The molecule has 0 unspecified atom stereocenters. The van der Waals surface area contributed by atoms with E-state index in [-0.39, 0.29) is 24.5 Å². The summed E-state index contributed by atoms with van der Waals surface area (Å²) < 4.78 is 1.49. The molecule has 0 aromatic carbocycles. The van der Waals surface area contributed by atoms with Crippen LogP contribution in [0.5, 0.6) is 0 Å². The van der Waals surface area contributed by atoms with Crippen molar-refractivity contribution < 1.29 is 15.0 Å². The lowest BCUT2D eigenvalue weighted by atomic mass is 10.3. The number of aliphatic carboxylic acids is 1. The minimum absolute atomic E-state index is 0.0323. The third kappa shape index (κ3) is 2.68. The molecule has 2 N–H and O–H groups in total. The van der Waals surface area contributed by atoms with Crippen LogP contribution in [0, 0.1) is 0 Å². The van der Waals surface area contributed by atoms with Gasteiger partial charge in [0.15, 0.2) is 0 Å². The molecular formula is C12H15ClN4O3. The maximum Gasteiger partial charge on any atom is 0.323 e. The van der Waals surface area contributed by atoms with E-state index in [4.69, 9.17) is 16.7 Å². The van der Waals surface area contributed by atoms with Crippen LogP contribution in [0.1, 0.15) is 6.92 Å². The minimum atomic E-state index is -0.962. The normalized spacial score (nSPS) is 12.6. The van der Waals surface area contributed by atoms with Gasteiger partial charge in [-0.15, -0.1) is 0 Å². The van der Waals surface area contributed by atoms with Gasteiger partial charge in [-0.1, -0.05) is 0 Å². The fraction of sp³-hybridized carbons (Fsp3) is 0.417. The Hall–Kier alpha value is -1.86. The Balaban J connectivity index is 2.56. The summed E-state index contributed by atoms with van der Waals surface area (Å²) in [5.41, 5.74) is 0.458. The highest BCUT2D eigenvalue weighted by Crippen LogP contribution is 2.26. The maximum absolute atomic E-state index is 10.8. The summed E-state index contributed by atoms with van der Waals surface area (Å²) in [4.78, 5) is 20.9. The number of nitrogens with zero attached hydrogens (tertiary/aromatic N) is 4. The zero-order valence-electron chi connectivity index (χ0n) is 11.1. The molecule has 0 saturated heterocycles. The van der Waals surface area contributed by atoms with Crippen LogP contribution in [0.4, 0.5) is 5.82 Å². The maximum atomic E-state index is 10.8. The first-order valence-electron chi connectivity index (χ1n) is 6.02. The van der Waals surface area contributed by atoms with E-state index in [1.807, 2.05) is 6.92 Å². The number of carboxylic acid groups (broad SMARTS) is 1. The van der Waals surface area contributed by atoms with E-state index in [2.05, 4.69) is 9.97 Å². The number of hydrogen-bond acceptors (Lipinski definition) is 5. The molecule has 0 aliphatic carbocycles. The fourth-order valence-corrected chi connectivity index (χ4v) is 2.06. The van der Waals surface area contributed by atoms with E-state index in [1.165, 1.54) is 4.57 Å². The molecule has 8 heteroatoms. The fourth-order valence-electron chi connectivity index (χ4n) is 1.90. The zero-order valence-corrected chi connectivity index (χ0v) is 11.9. The molecular weight excluding hydrogens is 284 g/mol. The molecule has 0 radical (unpaired) electrons. The summed E-state index contributed by atoms with van der Waals surface area (Å²) >= 11 is 5.91. The molecule has 1 atom stereocenters. The molecule has 0 bridgehead atoms. The number of carbonyl (C=O) groups is 1. The van der Waals surface area contributed by atoms with E-state index in [0.717, 1.165) is 0 Å². The first-order chi connectivity index (χ1) is 9.43. The number of halogens is 1. The smallest absolute Gasteiger partial charge is 0.323 e. The predicted molar refractivity (Wildman–Crippen MR) is 75.1 cm³/mol. The minimum Gasteiger partial charge on any atom is -0.480 e. The molecule has 0 spiro atoms. The van der Waals surface area contributed by atoms with Crippen LogP contribution in [0.15, 0.2) is 12.3 Å². The first-order valence-corrected chi connectivity index (χ1v) is 6.39. The van der Waals surface area contributed by atoms with Gasteiger partial charge in [0, 0.05) is 13.2 Å². The van der Waals surface area contributed by atoms with Gasteiger partial charge in [0.05, 0.1) is 18.0 Å². The second-order valence-corrected chi connectivity index (χ2v) is 4.87. The molecule has 2 aromatic heterocycles. The summed E-state index contributed by atoms with van der Waals surface area (Å²) in [6, 6.07) is 1.59. The molecule has 2 heterocycles. The highest BCUT2D eigenvalue weighted by Gasteiger charge is 2.18. The van der Waals surface area contributed by atoms with Crippen molar-refractivity contribution in [3.63, 3.8) is 0 Å². The van der Waals surface area contributed by atoms with Crippen LogP contribution in [0.25, 0.3) is 11.0 Å². The number of anilines is 1. The molecule has 2 aromatic rings. The van der Waals surface area contributed by atoms with Gasteiger partial charge in [0.2, 0.25) is 5.28 Å². The molecule has 0 saturated carbocycles. The van der Waals surface area contributed by atoms with E-state index in [0.29, 0.717) is 16.9 Å². The standard InChI is InChI=1S/C12H15ClN4O3/c1-7(6-18)16(2)10-8-3-4-17(5-9(19)20)11(8)15-12(13)14-10/h3-4,7,18H,5-6H2,1-2H3,(H,19,20)/t7-/m0/s1. The Labute approximate surface area is 120 Å². The number of likely N-dealkylation sites (N-methyl/N-ethyl adjacent to an activating group) is 1. The van der Waals surface area contributed by atoms with Gasteiger partial charge < -0.3 is 19.7 Å². The second-order valence-electron chi connectivity index (χ2n) is 4.53. The van der Waals surface area contributed by atoms with Crippen LogP contribution < -0.4 is 4.90 Å². The Morgan fingerprint density at radius 2 is 2.25 bits per heavy atom. The van der Waals surface area contributed by atoms with Crippen LogP contribution in [-0.4, -0.2) is 50.4 Å². The molecule has 0 amide bonds. The Morgan fingerprint density at radius 1 is 1.55 bits per heavy atom. The highest BCUT2D eigenvalue weighted by molar-refractivity contribution is 6.28. The average molecular weight is 299 g/mol. The van der Waals surface area contributed by atoms with Crippen molar-refractivity contribution in [3.8, 4) is 0 Å². The van der Waals surface area contributed by atoms with E-state index >= 15 is 0 Å². The molecule has 7 nitrogen and oxygen atoms in total. The summed E-state index contributed by atoms with van der Waals surface area (Å²) in [5.74, 6) is -0.401. The zero-order chi connectivity index (χ0) is 14.9. The van der Waals surface area contributed by atoms with Gasteiger partial charge in [-0.3, -0.25) is 4.79 Å². The Kier molecular flexibility index (Phi) is 4.10. The SMILES string of the molecule is C[C@@H](CO)N(C)c1nc(Cl)nc2c1ccn2CC(=O)O. The van der Waals surface area contributed by atoms with Gasteiger partial charge in [0.1, 0.15) is 18.0 Å². The van der Waals surface area contributed by atoms with Crippen molar-refractivity contribution in [3.05, 3.63) is 17.5 Å². The topological polar surface area (TPSA) is 91.5 Å². The predicted octanol–water partition coefficient (Wildman–Crippen LogP) is 0.986. The van der Waals surface area contributed by atoms with Crippen molar-refractivity contribution in [2.45, 2.75) is 19.5 Å². The second kappa shape index (κ2) is 5.64. The van der Waals surface area contributed by atoms with Crippen LogP contribution in [0.3, 0.4) is 0 Å². The Morgan fingerprint density at radius 3 is 2.85 bits per heavy atom. The third-order valence-electron chi connectivity index (χ3n) is 3.14. The number of fused-ring (bicyclic) bond motifs is 1. The quantitative estimate of drug-likeness (QED) is 0.800. The van der Waals surface area contributed by atoms with Crippen molar-refractivity contribution in [2.75, 3.05) is 18.6 Å². The number of rotatable bonds is 5. The summed E-state index contributed by atoms with van der Waals surface area (Å²) in [7, 11) is 1.79. The van der Waals surface area contributed by atoms with Crippen molar-refractivity contribution in [1.82, 2.24) is 14.5 Å². The molecule has 20 heavy (non-hydrogen) atoms. The van der Waals surface area contributed by atoms with Crippen molar-refractivity contribution >= 4 is 34.4 Å². The lowest BCUT2D eigenvalue weighted by Crippen LogP contribution is -2.32. The number of aliphatic hydroxyl groups excluding tert-OH is 1. The molecule has 0 fully saturated rings. The molecule has 2 rings (SSSR count). The van der Waals surface area contributed by atoms with E-state index < -0.39 is 5.97 Å². The van der Waals surface area contributed by atoms with E-state index in [1.54, 1.807) is 24.2 Å². The third-order valence-corrected chi connectivity index (χ3v) is 3.31. The van der Waals surface area contributed by atoms with E-state index in [9.17, 15) is 9.90 Å². The monoisotopic (exact) mass is 298 g/mol. The number of carboxylic acids is 1. The first kappa shape index (κ1) is 14.5. The van der Waals surface area contributed by atoms with Crippen molar-refractivity contribution in [1.29, 1.82) is 0 Å². The number of aliphatic hydroxyl groups is 1. The molecule has 0 aliphatic heterocycles. The van der Waals surface area contributed by atoms with Crippen LogP contribution >= 0.6 is 11.6 Å². The lowest BCUT2D eigenvalue weighted by molar-refractivity contribution is -0.137. The molecule has 0 aliphatic rings. The average Bonchev–Trinajstić information content (AvgIpc) is 2.78. The number of aromatic nitrogens is 3. The van der Waals surface area contributed by atoms with Gasteiger partial charge in [-0.2, -0.15) is 9.97 Å². The lowest BCUT2D eigenvalue weighted by Gasteiger charge is -2.24. The van der Waals surface area contributed by atoms with Gasteiger partial charge in [0.25, 0.3) is 0 Å². The largest absolute Gasteiger partial charge is 0.480 e. The van der Waals surface area contributed by atoms with Gasteiger partial charge in [-0.05, 0) is 24.6 Å². The summed E-state index contributed by atoms with van der Waals surface area (Å²) in [5, 5.41) is 18.8. The van der Waals surface area contributed by atoms with Gasteiger partial charge in [-0.25, -0.2) is 0 Å². The molecule has 108 valence electrons. The number of hydrogen-bond donors (Lipinski definition) is 2.